The predicted molar refractivity (Wildman–Crippen MR) is 129 cm³/mol. The topological polar surface area (TPSA) is 41.6 Å². The first-order chi connectivity index (χ1) is 15.7. The highest BCUT2D eigenvalue weighted by molar-refractivity contribution is 6.09. The van der Waals surface area contributed by atoms with E-state index < -0.39 is 0 Å². The summed E-state index contributed by atoms with van der Waals surface area (Å²) in [6.07, 6.45) is 2.42. The number of likely N-dealkylation sites (tertiary alicyclic amines) is 1. The zero-order valence-electron chi connectivity index (χ0n) is 18.2. The van der Waals surface area contributed by atoms with Gasteiger partial charge < -0.3 is 15.0 Å². The molecule has 1 saturated heterocycles. The number of nitrogens with zero attached hydrogens (tertiary/aromatic N) is 1. The maximum absolute atomic E-state index is 12.7. The van der Waals surface area contributed by atoms with Crippen LogP contribution in [0.1, 0.15) is 42.5 Å². The van der Waals surface area contributed by atoms with Crippen LogP contribution < -0.4 is 10.1 Å². The summed E-state index contributed by atoms with van der Waals surface area (Å²) in [7, 11) is 1.69. The zero-order chi connectivity index (χ0) is 21.7. The van der Waals surface area contributed by atoms with Gasteiger partial charge in [0.2, 0.25) is 5.91 Å². The Morgan fingerprint density at radius 1 is 0.906 bits per heavy atom. The number of nitrogens with one attached hydrogen (secondary N) is 1. The van der Waals surface area contributed by atoms with Crippen LogP contribution in [0.4, 0.5) is 5.69 Å². The van der Waals surface area contributed by atoms with Crippen molar-refractivity contribution >= 4 is 33.1 Å². The minimum Gasteiger partial charge on any atom is -0.497 e. The zero-order valence-corrected chi connectivity index (χ0v) is 18.2. The van der Waals surface area contributed by atoms with E-state index in [1.807, 2.05) is 6.07 Å². The normalized spacial score (nSPS) is 20.4. The third-order valence-corrected chi connectivity index (χ3v) is 7.07. The fourth-order valence-electron chi connectivity index (χ4n) is 5.54. The largest absolute Gasteiger partial charge is 0.497 e. The number of hydrogen-bond acceptors (Lipinski definition) is 3. The SMILES string of the molecule is COc1ccc2c(c1)[C@@H](N1CCCC1=O)C[C@@H](c1cc3ccccc3c3ccccc13)N2. The van der Waals surface area contributed by atoms with E-state index in [2.05, 4.69) is 76.9 Å². The number of amides is 1. The lowest BCUT2D eigenvalue weighted by molar-refractivity contribution is -0.130. The monoisotopic (exact) mass is 422 g/mol. The minimum atomic E-state index is 0.0478. The number of fused-ring (bicyclic) bond motifs is 4. The summed E-state index contributed by atoms with van der Waals surface area (Å²) in [6, 6.07) is 25.9. The Kier molecular flexibility index (Phi) is 4.53. The molecule has 2 heterocycles. The van der Waals surface area contributed by atoms with Crippen molar-refractivity contribution in [3.8, 4) is 5.75 Å². The maximum atomic E-state index is 12.7. The van der Waals surface area contributed by atoms with Gasteiger partial charge in [-0.2, -0.15) is 0 Å². The van der Waals surface area contributed by atoms with E-state index in [0.717, 1.165) is 36.4 Å². The number of hydrogen-bond donors (Lipinski definition) is 1. The maximum Gasteiger partial charge on any atom is 0.223 e. The molecule has 0 bridgehead atoms. The average Bonchev–Trinajstić information content (AvgIpc) is 3.28. The van der Waals surface area contributed by atoms with E-state index in [-0.39, 0.29) is 18.0 Å². The number of carbonyl (C=O) groups is 1. The molecule has 0 saturated carbocycles. The molecule has 0 radical (unpaired) electrons. The summed E-state index contributed by atoms with van der Waals surface area (Å²) in [5, 5.41) is 8.87. The molecule has 4 heteroatoms. The van der Waals surface area contributed by atoms with Crippen LogP contribution in [0.3, 0.4) is 0 Å². The quantitative estimate of drug-likeness (QED) is 0.398. The van der Waals surface area contributed by atoms with Gasteiger partial charge in [0.15, 0.2) is 0 Å². The number of rotatable bonds is 3. The first kappa shape index (κ1) is 19.2. The van der Waals surface area contributed by atoms with Crippen LogP contribution >= 0.6 is 0 Å². The number of benzene rings is 4. The number of methoxy groups -OCH3 is 1. The first-order valence-corrected chi connectivity index (χ1v) is 11.4. The van der Waals surface area contributed by atoms with Crippen LogP contribution in [0.2, 0.25) is 0 Å². The third kappa shape index (κ3) is 3.01. The van der Waals surface area contributed by atoms with Crippen LogP contribution in [0.5, 0.6) is 5.75 Å². The van der Waals surface area contributed by atoms with Gasteiger partial charge in [-0.1, -0.05) is 48.5 Å². The Labute approximate surface area is 187 Å². The van der Waals surface area contributed by atoms with Gasteiger partial charge in [0, 0.05) is 24.2 Å². The Morgan fingerprint density at radius 3 is 2.47 bits per heavy atom. The van der Waals surface area contributed by atoms with Gasteiger partial charge in [0.1, 0.15) is 5.75 Å². The van der Waals surface area contributed by atoms with Crippen molar-refractivity contribution in [2.75, 3.05) is 19.0 Å². The molecule has 32 heavy (non-hydrogen) atoms. The minimum absolute atomic E-state index is 0.0478. The highest BCUT2D eigenvalue weighted by atomic mass is 16.5. The summed E-state index contributed by atoms with van der Waals surface area (Å²) in [4.78, 5) is 14.8. The van der Waals surface area contributed by atoms with Crippen LogP contribution in [0.15, 0.2) is 72.8 Å². The molecule has 0 unspecified atom stereocenters. The summed E-state index contributed by atoms with van der Waals surface area (Å²) < 4.78 is 5.50. The van der Waals surface area contributed by atoms with Crippen molar-refractivity contribution in [2.45, 2.75) is 31.3 Å². The van der Waals surface area contributed by atoms with Crippen LogP contribution in [-0.2, 0) is 4.79 Å². The Morgan fingerprint density at radius 2 is 1.69 bits per heavy atom. The lowest BCUT2D eigenvalue weighted by atomic mass is 9.85. The highest BCUT2D eigenvalue weighted by Crippen LogP contribution is 2.46. The molecule has 1 fully saturated rings. The van der Waals surface area contributed by atoms with Crippen molar-refractivity contribution in [1.82, 2.24) is 4.90 Å². The molecule has 0 aromatic heterocycles. The number of carbonyl (C=O) groups excluding carboxylic acids is 1. The average molecular weight is 423 g/mol. The molecule has 1 N–H and O–H groups in total. The molecule has 4 nitrogen and oxygen atoms in total. The Bertz CT molecular complexity index is 1350. The van der Waals surface area contributed by atoms with E-state index in [0.29, 0.717) is 6.42 Å². The summed E-state index contributed by atoms with van der Waals surface area (Å²) >= 11 is 0. The van der Waals surface area contributed by atoms with Gasteiger partial charge in [0.05, 0.1) is 19.2 Å². The van der Waals surface area contributed by atoms with Gasteiger partial charge in [-0.25, -0.2) is 0 Å². The van der Waals surface area contributed by atoms with Gasteiger partial charge in [-0.3, -0.25) is 4.79 Å². The number of ether oxygens (including phenoxy) is 1. The summed E-state index contributed by atoms with van der Waals surface area (Å²) in [5.41, 5.74) is 3.53. The van der Waals surface area contributed by atoms with Crippen molar-refractivity contribution in [2.24, 2.45) is 0 Å². The molecule has 4 aromatic rings. The summed E-state index contributed by atoms with van der Waals surface area (Å²) in [5.74, 6) is 1.09. The van der Waals surface area contributed by atoms with Crippen molar-refractivity contribution in [3.63, 3.8) is 0 Å². The molecule has 1 amide bonds. The second-order valence-corrected chi connectivity index (χ2v) is 8.82. The Hall–Kier alpha value is -3.53. The van der Waals surface area contributed by atoms with Gasteiger partial charge in [-0.05, 0) is 64.2 Å². The standard InChI is InChI=1S/C28H26N2O2/c1-32-19-12-13-25-24(16-19)27(30-14-6-11-28(30)31)17-26(29-25)23-15-18-7-2-3-8-20(18)21-9-4-5-10-22(21)23/h2-5,7-10,12-13,15-16,26-27,29H,6,11,14,17H2,1H3/t26-,27-/m0/s1. The van der Waals surface area contributed by atoms with E-state index in [1.165, 1.54) is 27.1 Å². The smallest absolute Gasteiger partial charge is 0.223 e. The lowest BCUT2D eigenvalue weighted by Gasteiger charge is -2.39. The molecule has 2 aliphatic rings. The second kappa shape index (κ2) is 7.56. The molecule has 0 spiro atoms. The summed E-state index contributed by atoms with van der Waals surface area (Å²) in [6.45, 7) is 0.825. The van der Waals surface area contributed by atoms with Crippen LogP contribution in [0.25, 0.3) is 21.5 Å². The van der Waals surface area contributed by atoms with Crippen LogP contribution in [-0.4, -0.2) is 24.5 Å². The fourth-order valence-corrected chi connectivity index (χ4v) is 5.54. The molecule has 0 aliphatic carbocycles. The van der Waals surface area contributed by atoms with Crippen molar-refractivity contribution in [3.05, 3.63) is 83.9 Å². The van der Waals surface area contributed by atoms with Crippen molar-refractivity contribution < 1.29 is 9.53 Å². The number of anilines is 1. The van der Waals surface area contributed by atoms with E-state index >= 15 is 0 Å². The molecule has 160 valence electrons. The van der Waals surface area contributed by atoms with E-state index in [4.69, 9.17) is 4.74 Å². The Balaban J connectivity index is 1.52. The van der Waals surface area contributed by atoms with Gasteiger partial charge in [-0.15, -0.1) is 0 Å². The predicted octanol–water partition coefficient (Wildman–Crippen LogP) is 6.22. The van der Waals surface area contributed by atoms with Gasteiger partial charge in [0.25, 0.3) is 0 Å². The highest BCUT2D eigenvalue weighted by Gasteiger charge is 2.36. The first-order valence-electron chi connectivity index (χ1n) is 11.4. The van der Waals surface area contributed by atoms with Crippen molar-refractivity contribution in [1.29, 1.82) is 0 Å². The second-order valence-electron chi connectivity index (χ2n) is 8.82. The molecule has 4 aromatic carbocycles. The molecule has 2 aliphatic heterocycles. The lowest BCUT2D eigenvalue weighted by Crippen LogP contribution is -2.35. The van der Waals surface area contributed by atoms with Crippen LogP contribution in [0, 0.1) is 0 Å². The van der Waals surface area contributed by atoms with E-state index in [9.17, 15) is 4.79 Å². The molecule has 2 atom stereocenters. The van der Waals surface area contributed by atoms with Gasteiger partial charge >= 0.3 is 0 Å². The molecular weight excluding hydrogens is 396 g/mol. The third-order valence-electron chi connectivity index (χ3n) is 7.07. The molecular formula is C28H26N2O2. The fraction of sp³-hybridized carbons (Fsp3) is 0.250. The van der Waals surface area contributed by atoms with E-state index in [1.54, 1.807) is 7.11 Å². The molecule has 6 rings (SSSR count).